The summed E-state index contributed by atoms with van der Waals surface area (Å²) in [5.74, 6) is -1.84. The van der Waals surface area contributed by atoms with Gasteiger partial charge in [-0.1, -0.05) is 18.2 Å². The number of carbonyl (C=O) groups is 4. The Balaban J connectivity index is 1.24. The van der Waals surface area contributed by atoms with Crippen molar-refractivity contribution in [3.05, 3.63) is 71.4 Å². The van der Waals surface area contributed by atoms with E-state index >= 15 is 0 Å². The van der Waals surface area contributed by atoms with Gasteiger partial charge in [0.05, 0.1) is 19.8 Å². The van der Waals surface area contributed by atoms with Gasteiger partial charge in [0.2, 0.25) is 5.95 Å². The van der Waals surface area contributed by atoms with Crippen LogP contribution >= 0.6 is 0 Å². The highest BCUT2D eigenvalue weighted by molar-refractivity contribution is 6.65. The highest BCUT2D eigenvalue weighted by Crippen LogP contribution is 2.24. The lowest BCUT2D eigenvalue weighted by Gasteiger charge is -2.27. The van der Waals surface area contributed by atoms with Crippen molar-refractivity contribution >= 4 is 46.6 Å². The Morgan fingerprint density at radius 1 is 1.00 bits per heavy atom. The maximum Gasteiger partial charge on any atom is 0.319 e. The molecule has 3 heterocycles. The fourth-order valence-corrected chi connectivity index (χ4v) is 4.25. The Hall–Kier alpha value is -4.84. The van der Waals surface area contributed by atoms with Crippen LogP contribution in [0.5, 0.6) is 0 Å². The number of Topliss-reactive ketones (excluding diaryl/α,β-unsaturated/α-hetero) is 1. The molecule has 2 aromatic carbocycles. The molecule has 2 aliphatic rings. The number of aromatic nitrogens is 2. The van der Waals surface area contributed by atoms with Gasteiger partial charge in [-0.15, -0.1) is 0 Å². The highest BCUT2D eigenvalue weighted by Gasteiger charge is 2.42. The molecule has 2 N–H and O–H groups in total. The first kappa shape index (κ1) is 25.8. The maximum absolute atomic E-state index is 12.9. The van der Waals surface area contributed by atoms with E-state index in [-0.39, 0.29) is 12.5 Å². The average molecular weight is 530 g/mol. The summed E-state index contributed by atoms with van der Waals surface area (Å²) >= 11 is 0. The predicted octanol–water partition coefficient (Wildman–Crippen LogP) is 1.90. The largest absolute Gasteiger partial charge is 0.378 e. The monoisotopic (exact) mass is 529 g/mol. The first-order chi connectivity index (χ1) is 18.8. The number of hydrogen-bond donors (Lipinski definition) is 2. The molecule has 2 aliphatic heterocycles. The minimum atomic E-state index is -1.06. The summed E-state index contributed by atoms with van der Waals surface area (Å²) in [6.45, 7) is 4.84. The van der Waals surface area contributed by atoms with Crippen molar-refractivity contribution in [2.45, 2.75) is 13.5 Å². The number of carbonyl (C=O) groups excluding carboxylic acids is 4. The lowest BCUT2D eigenvalue weighted by atomic mass is 10.1. The summed E-state index contributed by atoms with van der Waals surface area (Å²) in [7, 11) is 1.37. The van der Waals surface area contributed by atoms with E-state index in [9.17, 15) is 19.2 Å². The number of ketones is 1. The molecule has 0 saturated carbocycles. The molecule has 0 radical (unpaired) electrons. The van der Waals surface area contributed by atoms with Crippen molar-refractivity contribution in [3.63, 3.8) is 0 Å². The molecule has 0 aliphatic carbocycles. The van der Waals surface area contributed by atoms with Gasteiger partial charge in [-0.25, -0.2) is 15.0 Å². The summed E-state index contributed by atoms with van der Waals surface area (Å²) < 4.78 is 5.41. The smallest absolute Gasteiger partial charge is 0.319 e. The number of aryl methyl sites for hydroxylation is 1. The maximum atomic E-state index is 12.9. The van der Waals surface area contributed by atoms with Crippen LogP contribution in [0, 0.1) is 6.92 Å². The van der Waals surface area contributed by atoms with Crippen LogP contribution in [0.1, 0.15) is 21.5 Å². The molecule has 0 atom stereocenters. The third-order valence-corrected chi connectivity index (χ3v) is 6.55. The van der Waals surface area contributed by atoms with Crippen molar-refractivity contribution in [1.29, 1.82) is 0 Å². The molecule has 2 saturated heterocycles. The minimum absolute atomic E-state index is 0.0382. The van der Waals surface area contributed by atoms with Crippen molar-refractivity contribution in [2.24, 2.45) is 0 Å². The minimum Gasteiger partial charge on any atom is -0.378 e. The van der Waals surface area contributed by atoms with Crippen LogP contribution < -0.4 is 15.5 Å². The lowest BCUT2D eigenvalue weighted by Crippen LogP contribution is -2.37. The van der Waals surface area contributed by atoms with Gasteiger partial charge in [-0.2, -0.15) is 4.98 Å². The van der Waals surface area contributed by atoms with E-state index in [4.69, 9.17) is 4.74 Å². The first-order valence-corrected chi connectivity index (χ1v) is 12.4. The number of likely N-dealkylation sites (N-methyl/N-ethyl adjacent to an activating group) is 1. The van der Waals surface area contributed by atoms with Gasteiger partial charge < -0.3 is 20.3 Å². The van der Waals surface area contributed by atoms with E-state index in [2.05, 4.69) is 25.5 Å². The third-order valence-electron chi connectivity index (χ3n) is 6.55. The van der Waals surface area contributed by atoms with Crippen LogP contribution in [0.3, 0.4) is 0 Å². The van der Waals surface area contributed by atoms with Crippen LogP contribution in [0.2, 0.25) is 0 Å². The standard InChI is InChI=1S/C27H27N7O5/c1-17-3-8-20(15-21(17)30-27-28-10-9-22(31-27)33-11-13-39-14-12-33)29-24(36)19-6-4-18(5-7-19)16-34-26(38)23(35)25(37)32(34)2/h3-10,15H,11-14,16H2,1-2H3,(H,29,36)(H,28,30,31). The Bertz CT molecular complexity index is 1440. The molecule has 200 valence electrons. The molecular weight excluding hydrogens is 502 g/mol. The zero-order valence-electron chi connectivity index (χ0n) is 21.5. The quantitative estimate of drug-likeness (QED) is 0.440. The van der Waals surface area contributed by atoms with Gasteiger partial charge >= 0.3 is 17.6 Å². The molecule has 0 spiro atoms. The fourth-order valence-electron chi connectivity index (χ4n) is 4.25. The second kappa shape index (κ2) is 10.9. The van der Waals surface area contributed by atoms with Crippen LogP contribution in [0.4, 0.5) is 23.1 Å². The summed E-state index contributed by atoms with van der Waals surface area (Å²) in [4.78, 5) is 59.3. The average Bonchev–Trinajstić information content (AvgIpc) is 3.13. The number of nitrogens with one attached hydrogen (secondary N) is 2. The van der Waals surface area contributed by atoms with E-state index in [1.807, 2.05) is 25.1 Å². The Kier molecular flexibility index (Phi) is 7.19. The molecule has 3 aromatic rings. The second-order valence-electron chi connectivity index (χ2n) is 9.16. The van der Waals surface area contributed by atoms with E-state index in [0.717, 1.165) is 40.2 Å². The Morgan fingerprint density at radius 3 is 2.44 bits per heavy atom. The molecule has 12 nitrogen and oxygen atoms in total. The molecule has 3 amide bonds. The molecule has 39 heavy (non-hydrogen) atoms. The van der Waals surface area contributed by atoms with E-state index in [0.29, 0.717) is 36.0 Å². The van der Waals surface area contributed by atoms with Gasteiger partial charge in [-0.3, -0.25) is 19.2 Å². The predicted molar refractivity (Wildman–Crippen MR) is 142 cm³/mol. The molecule has 0 bridgehead atoms. The van der Waals surface area contributed by atoms with Crippen molar-refractivity contribution in [3.8, 4) is 0 Å². The van der Waals surface area contributed by atoms with Gasteiger partial charge in [0, 0.05) is 43.3 Å². The number of morpholine rings is 1. The normalized spacial score (nSPS) is 15.6. The molecular formula is C27H27N7O5. The van der Waals surface area contributed by atoms with Crippen molar-refractivity contribution in [1.82, 2.24) is 20.0 Å². The van der Waals surface area contributed by atoms with Gasteiger partial charge in [-0.05, 0) is 48.4 Å². The van der Waals surface area contributed by atoms with Crippen LogP contribution in [0.25, 0.3) is 0 Å². The van der Waals surface area contributed by atoms with Crippen LogP contribution in [-0.4, -0.2) is 76.8 Å². The van der Waals surface area contributed by atoms with Crippen LogP contribution in [0.15, 0.2) is 54.7 Å². The number of amides is 3. The molecule has 12 heteroatoms. The summed E-state index contributed by atoms with van der Waals surface area (Å²) in [6.07, 6.45) is 1.71. The zero-order valence-corrected chi connectivity index (χ0v) is 21.5. The third kappa shape index (κ3) is 5.55. The number of hydrogen-bond acceptors (Lipinski definition) is 9. The topological polar surface area (TPSA) is 137 Å². The van der Waals surface area contributed by atoms with Gasteiger partial charge in [0.25, 0.3) is 5.91 Å². The Labute approximate surface area is 224 Å². The number of rotatable bonds is 7. The molecule has 1 aromatic heterocycles. The number of hydrazine groups is 1. The van der Waals surface area contributed by atoms with E-state index < -0.39 is 17.6 Å². The van der Waals surface area contributed by atoms with Crippen molar-refractivity contribution < 1.29 is 23.9 Å². The van der Waals surface area contributed by atoms with Gasteiger partial charge in [0.1, 0.15) is 5.82 Å². The zero-order chi connectivity index (χ0) is 27.5. The van der Waals surface area contributed by atoms with E-state index in [1.54, 1.807) is 36.5 Å². The molecule has 5 rings (SSSR count). The summed E-state index contributed by atoms with van der Waals surface area (Å²) in [5.41, 5.74) is 3.36. The highest BCUT2D eigenvalue weighted by atomic mass is 16.5. The fraction of sp³-hybridized carbons (Fsp3) is 0.259. The van der Waals surface area contributed by atoms with Crippen molar-refractivity contribution in [2.75, 3.05) is 48.9 Å². The Morgan fingerprint density at radius 2 is 1.74 bits per heavy atom. The molecule has 2 fully saturated rings. The number of anilines is 4. The summed E-state index contributed by atoms with van der Waals surface area (Å²) in [5, 5.41) is 8.20. The van der Waals surface area contributed by atoms with Crippen LogP contribution in [-0.2, 0) is 25.7 Å². The van der Waals surface area contributed by atoms with Gasteiger partial charge in [0.15, 0.2) is 0 Å². The molecule has 0 unspecified atom stereocenters. The first-order valence-electron chi connectivity index (χ1n) is 12.4. The van der Waals surface area contributed by atoms with E-state index in [1.165, 1.54) is 7.05 Å². The summed E-state index contributed by atoms with van der Waals surface area (Å²) in [6, 6.07) is 14.0. The number of nitrogens with zero attached hydrogens (tertiary/aromatic N) is 5. The number of ether oxygens (including phenoxy) is 1. The number of benzene rings is 2. The second-order valence-corrected chi connectivity index (χ2v) is 9.16. The lowest BCUT2D eigenvalue weighted by molar-refractivity contribution is -0.145. The SMILES string of the molecule is Cc1ccc(NC(=O)c2ccc(CN3C(=O)C(=O)C(=O)N3C)cc2)cc1Nc1nccc(N2CCOCC2)n1.